The smallest absolute Gasteiger partial charge is 0.320 e. The van der Waals surface area contributed by atoms with E-state index in [0.29, 0.717) is 0 Å². The summed E-state index contributed by atoms with van der Waals surface area (Å²) in [7, 11) is 0. The van der Waals surface area contributed by atoms with E-state index in [9.17, 15) is 4.79 Å². The third-order valence-corrected chi connectivity index (χ3v) is 0.849. The first-order valence-electron chi connectivity index (χ1n) is 5.17. The summed E-state index contributed by atoms with van der Waals surface area (Å²) in [5, 5.41) is 8.52. The summed E-state index contributed by atoms with van der Waals surface area (Å²) >= 11 is 0. The van der Waals surface area contributed by atoms with E-state index in [0.717, 1.165) is 0 Å². The summed E-state index contributed by atoms with van der Waals surface area (Å²) in [6.07, 6.45) is -4.42. The summed E-state index contributed by atoms with van der Waals surface area (Å²) in [4.78, 5) is 13.7. The summed E-state index contributed by atoms with van der Waals surface area (Å²) in [6.45, 7) is -1.80. The van der Waals surface area contributed by atoms with Crippen LogP contribution in [0.1, 0.15) is 18.3 Å². The molecule has 0 bridgehead atoms. The number of carbonyl (C=O) groups is 1. The van der Waals surface area contributed by atoms with Crippen molar-refractivity contribution in [3.05, 3.63) is 0 Å². The van der Waals surface area contributed by atoms with Gasteiger partial charge in [0.05, 0.1) is 1.37 Å². The number of carboxylic acids is 1. The molecule has 70 valence electrons. The van der Waals surface area contributed by atoms with Gasteiger partial charge in [-0.2, -0.15) is 0 Å². The molecule has 0 aliphatic heterocycles. The van der Waals surface area contributed by atoms with Crippen LogP contribution in [0.3, 0.4) is 0 Å². The van der Waals surface area contributed by atoms with Gasteiger partial charge < -0.3 is 22.3 Å². The highest BCUT2D eigenvalue weighted by Crippen LogP contribution is 1.94. The Morgan fingerprint density at radius 3 is 2.67 bits per heavy atom. The molecule has 0 aromatic carbocycles. The van der Waals surface area contributed by atoms with Gasteiger partial charge in [-0.15, -0.1) is 0 Å². The second-order valence-corrected chi connectivity index (χ2v) is 1.88. The lowest BCUT2D eigenvalue weighted by atomic mass is 10.8. The van der Waals surface area contributed by atoms with E-state index in [1.807, 2.05) is 0 Å². The molecule has 0 unspecified atom stereocenters. The van der Waals surface area contributed by atoms with Crippen LogP contribution in [0.15, 0.2) is 4.99 Å². The first-order valence-corrected chi connectivity index (χ1v) is 3.02. The molecule has 3 atom stereocenters. The SMILES string of the molecule is [2H][13C@H]([13C@H]([15NH2])[13C](=O)O)[12C]([2H])([2H])[13C@@H]([2H])[15N]=[12C]([14NH2])[14NH2]. The molecule has 0 spiro atoms. The van der Waals surface area contributed by atoms with Gasteiger partial charge in [0.1, 0.15) is 6.04 Å². The summed E-state index contributed by atoms with van der Waals surface area (Å²) in [5.74, 6) is -2.04. The minimum atomic E-state index is -2.57. The lowest BCUT2D eigenvalue weighted by Gasteiger charge is -2.03. The van der Waals surface area contributed by atoms with E-state index < -0.39 is 37.3 Å². The number of aliphatic imine (C=N–C) groups is 1. The number of nitrogens with zero attached hydrogens (tertiary/aromatic N) is 1. The van der Waals surface area contributed by atoms with Crippen molar-refractivity contribution in [2.45, 2.75) is 18.8 Å². The highest BCUT2D eigenvalue weighted by molar-refractivity contribution is 5.75. The second-order valence-electron chi connectivity index (χ2n) is 1.88. The van der Waals surface area contributed by atoms with Gasteiger partial charge in [-0.1, -0.05) is 0 Å². The Morgan fingerprint density at radius 1 is 1.67 bits per heavy atom. The van der Waals surface area contributed by atoms with Crippen LogP contribution in [-0.4, -0.2) is 29.6 Å². The van der Waals surface area contributed by atoms with Gasteiger partial charge >= 0.3 is 5.97 Å². The normalized spacial score (nSPS) is 23.4. The number of aliphatic carboxylic acids is 1. The van der Waals surface area contributed by atoms with Gasteiger partial charge in [0.2, 0.25) is 0 Å². The Morgan fingerprint density at radius 2 is 2.25 bits per heavy atom. The standard InChI is InChI=1S/C6H14N4O2/c7-4(5(11)12)2-1-3-10-6(8)9/h4H,1-3,7H2,(H,11,12)(H4,8,9,10)/t4-/m0/s1/i1+0D2,2+1D,3+1D,4+1,5+1,6+0,7+1,8+0,9+0,10+1/t2-,3+,4-. The maximum absolute atomic E-state index is 10.5. The van der Waals surface area contributed by atoms with Gasteiger partial charge in [-0.3, -0.25) is 9.79 Å². The van der Waals surface area contributed by atoms with Crippen LogP contribution in [0.2, 0.25) is 0 Å². The molecule has 0 aliphatic rings. The van der Waals surface area contributed by atoms with Gasteiger partial charge in [0.15, 0.2) is 5.96 Å². The number of hydrogen-bond donors (Lipinski definition) is 4. The molecule has 6 nitrogen and oxygen atoms in total. The topological polar surface area (TPSA) is 128 Å². The van der Waals surface area contributed by atoms with Crippen molar-refractivity contribution < 1.29 is 15.4 Å². The van der Waals surface area contributed by atoms with Crippen molar-refractivity contribution in [3.63, 3.8) is 0 Å². The van der Waals surface area contributed by atoms with Crippen LogP contribution in [0.25, 0.3) is 0 Å². The lowest BCUT2D eigenvalue weighted by Crippen LogP contribution is -2.30. The van der Waals surface area contributed by atoms with Crippen LogP contribution >= 0.6 is 0 Å². The minimum Gasteiger partial charge on any atom is -0.480 e. The van der Waals surface area contributed by atoms with Gasteiger partial charge in [0, 0.05) is 10.6 Å². The monoisotopic (exact) mass is 184 g/mol. The fourth-order valence-corrected chi connectivity index (χ4v) is 0.330. The second kappa shape index (κ2) is 5.36. The van der Waals surface area contributed by atoms with E-state index in [1.165, 1.54) is 0 Å². The summed E-state index contributed by atoms with van der Waals surface area (Å²) in [6, 6.07) is -1.75. The molecule has 0 amide bonds. The number of rotatable bonds is 5. The molecule has 0 fully saturated rings. The molecule has 0 rings (SSSR count). The van der Waals surface area contributed by atoms with Crippen molar-refractivity contribution in [2.75, 3.05) is 6.52 Å². The van der Waals surface area contributed by atoms with E-state index in [-0.39, 0.29) is 0 Å². The molecular weight excluding hydrogens is 166 g/mol. The summed E-state index contributed by atoms with van der Waals surface area (Å²) < 4.78 is 29.4. The fraction of sp³-hybridized carbons (Fsp3) is 0.667. The summed E-state index contributed by atoms with van der Waals surface area (Å²) in [5.41, 5.74) is 15.0. The Hall–Kier alpha value is -1.30. The van der Waals surface area contributed by atoms with Crippen LogP contribution in [0.5, 0.6) is 0 Å². The number of hydrogen-bond acceptors (Lipinski definition) is 3. The first-order chi connectivity index (χ1) is 7.10. The lowest BCUT2D eigenvalue weighted by molar-refractivity contribution is -0.138. The average Bonchev–Trinajstić information content (AvgIpc) is 2.14. The Balaban J connectivity index is 4.90. The van der Waals surface area contributed by atoms with E-state index in [2.05, 4.69) is 4.99 Å². The molecule has 7 N–H and O–H groups in total. The molecule has 0 radical (unpaired) electrons. The maximum Gasteiger partial charge on any atom is 0.320 e. The zero-order valence-corrected chi connectivity index (χ0v) is 6.27. The Kier molecular flexibility index (Phi) is 2.40. The molecule has 0 aliphatic carbocycles. The largest absolute Gasteiger partial charge is 0.480 e. The molecule has 0 aromatic rings. The zero-order valence-electron chi connectivity index (χ0n) is 10.3. The quantitative estimate of drug-likeness (QED) is 0.178. The molecule has 0 saturated carbocycles. The van der Waals surface area contributed by atoms with E-state index >= 15 is 0 Å². The number of carboxylic acid groups (broad SMARTS) is 1. The predicted octanol–water partition coefficient (Wildman–Crippen LogP) is -1.55. The fourth-order valence-electron chi connectivity index (χ4n) is 0.330. The van der Waals surface area contributed by atoms with Gasteiger partial charge in [-0.05, 0) is 12.8 Å². The van der Waals surface area contributed by atoms with Gasteiger partial charge in [-0.25, -0.2) is 0 Å². The molecular formula is C6H14N4O2. The predicted molar refractivity (Wildman–Crippen MR) is 45.5 cm³/mol. The molecule has 0 heterocycles. The van der Waals surface area contributed by atoms with Crippen molar-refractivity contribution >= 4 is 11.9 Å². The molecule has 0 saturated heterocycles. The Bertz CT molecular complexity index is 294. The minimum absolute atomic E-state index is 0.514. The number of nitrogens with two attached hydrogens (primary N) is 3. The Labute approximate surface area is 76.1 Å². The third-order valence-electron chi connectivity index (χ3n) is 0.849. The van der Waals surface area contributed by atoms with Crippen molar-refractivity contribution in [2.24, 2.45) is 22.2 Å². The van der Waals surface area contributed by atoms with Gasteiger partial charge in [0.25, 0.3) is 0 Å². The first kappa shape index (κ1) is 5.36. The van der Waals surface area contributed by atoms with Crippen molar-refractivity contribution in [1.82, 2.24) is 0 Å². The number of guanidine groups is 1. The van der Waals surface area contributed by atoms with Crippen molar-refractivity contribution in [3.8, 4) is 0 Å². The van der Waals surface area contributed by atoms with Crippen LogP contribution in [-0.2, 0) is 4.79 Å². The third kappa shape index (κ3) is 5.48. The van der Waals surface area contributed by atoms with Crippen LogP contribution in [0.4, 0.5) is 0 Å². The van der Waals surface area contributed by atoms with Crippen LogP contribution in [0, 0.1) is 0 Å². The molecule has 6 heteroatoms. The molecule has 12 heavy (non-hydrogen) atoms. The molecule has 0 aromatic heterocycles. The highest BCUT2D eigenvalue weighted by Gasteiger charge is 2.09. The zero-order chi connectivity index (χ0) is 13.1. The van der Waals surface area contributed by atoms with E-state index in [4.69, 9.17) is 27.8 Å². The highest BCUT2D eigenvalue weighted by atomic mass is 16.5. The van der Waals surface area contributed by atoms with E-state index in [1.54, 1.807) is 0 Å². The van der Waals surface area contributed by atoms with Crippen LogP contribution < -0.4 is 17.2 Å². The van der Waals surface area contributed by atoms with Crippen molar-refractivity contribution in [1.29, 1.82) is 0 Å². The maximum atomic E-state index is 10.5. The average molecular weight is 184 g/mol.